The molecule has 0 aliphatic heterocycles. The summed E-state index contributed by atoms with van der Waals surface area (Å²) in [5.41, 5.74) is 0. The van der Waals surface area contributed by atoms with Crippen molar-refractivity contribution < 1.29 is 17.1 Å². The molecule has 0 N–H and O–H groups in total. The molecule has 0 saturated carbocycles. The van der Waals surface area contributed by atoms with Crippen LogP contribution in [0.3, 0.4) is 0 Å². The van der Waals surface area contributed by atoms with Crippen LogP contribution in [0.4, 0.5) is 0 Å². The van der Waals surface area contributed by atoms with Crippen LogP contribution in [-0.4, -0.2) is 0 Å². The van der Waals surface area contributed by atoms with E-state index in [1.54, 1.807) is 0 Å². The van der Waals surface area contributed by atoms with Crippen LogP contribution in [0.1, 0.15) is 0 Å². The van der Waals surface area contributed by atoms with Crippen molar-refractivity contribution in [3.05, 3.63) is 35.4 Å². The smallest absolute Gasteiger partial charge is 0 e. The maximum Gasteiger partial charge on any atom is 0 e. The molecule has 1 heteroatoms. The Hall–Kier alpha value is 0.259. The van der Waals surface area contributed by atoms with Crippen molar-refractivity contribution >= 4 is 0 Å². The molecule has 47 valence electrons. The van der Waals surface area contributed by atoms with Gasteiger partial charge in [-0.3, -0.25) is 6.58 Å². The fraction of sp³-hybridized carbons (Fsp3) is 0. The quantitative estimate of drug-likeness (QED) is 0.352. The summed E-state index contributed by atoms with van der Waals surface area (Å²) in [4.78, 5) is 0. The van der Waals surface area contributed by atoms with Crippen molar-refractivity contribution in [2.45, 2.75) is 0 Å². The van der Waals surface area contributed by atoms with Gasteiger partial charge in [-0.25, -0.2) is 0 Å². The normalized spacial score (nSPS) is 0.667. The average molecular weight is 136 g/mol. The van der Waals surface area contributed by atoms with E-state index in [0.29, 0.717) is 0 Å². The van der Waals surface area contributed by atoms with Crippen molar-refractivity contribution in [2.24, 2.45) is 0 Å². The van der Waals surface area contributed by atoms with Gasteiger partial charge in [-0.1, -0.05) is 0 Å². The summed E-state index contributed by atoms with van der Waals surface area (Å²) in [6.07, 6.45) is 0. The summed E-state index contributed by atoms with van der Waals surface area (Å²) in [6, 6.07) is 0. The molecule has 0 aromatic rings. The minimum atomic E-state index is 0. The van der Waals surface area contributed by atoms with Gasteiger partial charge in [0.15, 0.2) is 0 Å². The second-order valence-corrected chi connectivity index (χ2v) is 0. The van der Waals surface area contributed by atoms with Crippen LogP contribution in [0, 0.1) is 28.9 Å². The van der Waals surface area contributed by atoms with Crippen molar-refractivity contribution in [3.63, 3.8) is 0 Å². The molecule has 0 fully saturated rings. The van der Waals surface area contributed by atoms with Crippen molar-refractivity contribution in [3.8, 4) is 0 Å². The molecule has 0 heterocycles. The molecule has 0 aliphatic rings. The standard InChI is InChI=1S/C2H3.3CH3.Cu/c1-2;;;;/h1H,2H2;3*1H3;/q4*-1;. The Morgan fingerprint density at radius 3 is 0.833 bits per heavy atom. The molecule has 0 aromatic carbocycles. The topological polar surface area (TPSA) is 0 Å². The number of hydrogen-bond donors (Lipinski definition) is 0. The van der Waals surface area contributed by atoms with Gasteiger partial charge in [-0.05, 0) is 0 Å². The average Bonchev–Trinajstić information content (AvgIpc) is 1.00. The van der Waals surface area contributed by atoms with Gasteiger partial charge >= 0.3 is 0 Å². The van der Waals surface area contributed by atoms with Gasteiger partial charge in [0.25, 0.3) is 0 Å². The first-order valence-electron chi connectivity index (χ1n) is 0.408. The molecule has 0 amide bonds. The zero-order valence-corrected chi connectivity index (χ0v) is 5.53. The Morgan fingerprint density at radius 2 is 0.833 bits per heavy atom. The van der Waals surface area contributed by atoms with Crippen LogP contribution < -0.4 is 0 Å². The van der Waals surface area contributed by atoms with Gasteiger partial charge in [0.05, 0.1) is 0 Å². The van der Waals surface area contributed by atoms with Crippen LogP contribution in [0.15, 0.2) is 6.58 Å². The molecule has 0 aromatic heterocycles. The fourth-order valence-electron chi connectivity index (χ4n) is 0. The van der Waals surface area contributed by atoms with E-state index < -0.39 is 0 Å². The van der Waals surface area contributed by atoms with E-state index in [0.717, 1.165) is 0 Å². The summed E-state index contributed by atoms with van der Waals surface area (Å²) in [7, 11) is 0. The Morgan fingerprint density at radius 1 is 0.833 bits per heavy atom. The van der Waals surface area contributed by atoms with E-state index in [4.69, 9.17) is 0 Å². The predicted molar refractivity (Wildman–Crippen MR) is 29.2 cm³/mol. The van der Waals surface area contributed by atoms with Gasteiger partial charge in [-0.15, -0.1) is 0 Å². The Kier molecular flexibility index (Phi) is 25800. The first-order valence-corrected chi connectivity index (χ1v) is 0.408. The van der Waals surface area contributed by atoms with E-state index >= 15 is 0 Å². The minimum absolute atomic E-state index is 0. The molecule has 0 atom stereocenters. The number of rotatable bonds is 0. The molecule has 6 heavy (non-hydrogen) atoms. The van der Waals surface area contributed by atoms with E-state index in [-0.39, 0.29) is 39.3 Å². The van der Waals surface area contributed by atoms with Crippen molar-refractivity contribution in [2.75, 3.05) is 0 Å². The molecule has 0 spiro atoms. The summed E-state index contributed by atoms with van der Waals surface area (Å²) in [5, 5.41) is 0. The zero-order valence-electron chi connectivity index (χ0n) is 4.59. The first-order chi connectivity index (χ1) is 1.00. The third-order valence-electron chi connectivity index (χ3n) is 0. The van der Waals surface area contributed by atoms with Gasteiger partial charge in [0.2, 0.25) is 0 Å². The number of hydrogen-bond acceptors (Lipinski definition) is 0. The van der Waals surface area contributed by atoms with E-state index in [2.05, 4.69) is 13.2 Å². The molecule has 0 rings (SSSR count). The van der Waals surface area contributed by atoms with Crippen LogP contribution in [0.5, 0.6) is 0 Å². The molecule has 0 aliphatic carbocycles. The van der Waals surface area contributed by atoms with E-state index in [1.807, 2.05) is 0 Å². The minimum Gasteiger partial charge on any atom is -0.521 e. The third kappa shape index (κ3) is 672. The molecule has 0 unspecified atom stereocenters. The van der Waals surface area contributed by atoms with Gasteiger partial charge in [0, 0.05) is 17.1 Å². The molecule has 0 nitrogen and oxygen atoms in total. The maximum absolute atomic E-state index is 4.25. The van der Waals surface area contributed by atoms with Gasteiger partial charge in [-0.2, -0.15) is 0 Å². The third-order valence-corrected chi connectivity index (χ3v) is 0. The van der Waals surface area contributed by atoms with Crippen LogP contribution in [-0.2, 0) is 17.1 Å². The fourth-order valence-corrected chi connectivity index (χ4v) is 0. The second-order valence-electron chi connectivity index (χ2n) is 0. The second kappa shape index (κ2) is 1420. The van der Waals surface area contributed by atoms with E-state index in [9.17, 15) is 0 Å². The Labute approximate surface area is 53.1 Å². The summed E-state index contributed by atoms with van der Waals surface area (Å²) >= 11 is 0. The first kappa shape index (κ1) is 109. The van der Waals surface area contributed by atoms with Crippen LogP contribution in [0.25, 0.3) is 0 Å². The zero-order chi connectivity index (χ0) is 2.00. The summed E-state index contributed by atoms with van der Waals surface area (Å²) in [6.45, 7) is 7.00. The van der Waals surface area contributed by atoms with Crippen molar-refractivity contribution in [1.82, 2.24) is 0 Å². The molecule has 0 bridgehead atoms. The Balaban J connectivity index is -0.000000000833. The van der Waals surface area contributed by atoms with E-state index in [1.165, 1.54) is 0 Å². The Bertz CT molecular complexity index is 3.90. The predicted octanol–water partition coefficient (Wildman–Crippen LogP) is 1.95. The monoisotopic (exact) mass is 135 g/mol. The SMILES string of the molecule is [CH-]=C.[CH3-].[CH3-].[CH3-].[Cu]. The van der Waals surface area contributed by atoms with Crippen LogP contribution in [0.2, 0.25) is 0 Å². The van der Waals surface area contributed by atoms with Crippen LogP contribution >= 0.6 is 0 Å². The summed E-state index contributed by atoms with van der Waals surface area (Å²) < 4.78 is 0. The molecule has 1 radical (unpaired) electrons. The van der Waals surface area contributed by atoms with Crippen molar-refractivity contribution in [1.29, 1.82) is 0 Å². The molecule has 0 saturated heterocycles. The van der Waals surface area contributed by atoms with Gasteiger partial charge in [0.1, 0.15) is 0 Å². The summed E-state index contributed by atoms with van der Waals surface area (Å²) in [5.74, 6) is 0. The largest absolute Gasteiger partial charge is 0.521 e. The molecular formula is C5H12Cu-4. The van der Waals surface area contributed by atoms with Gasteiger partial charge < -0.3 is 28.9 Å². The molecular weight excluding hydrogens is 124 g/mol. The maximum atomic E-state index is 4.25.